The molecule has 1 heterocycles. The lowest BCUT2D eigenvalue weighted by Gasteiger charge is -1.99. The predicted octanol–water partition coefficient (Wildman–Crippen LogP) is -0.818. The van der Waals surface area contributed by atoms with E-state index in [1.807, 2.05) is 0 Å². The summed E-state index contributed by atoms with van der Waals surface area (Å²) in [5.74, 6) is -0.123. The van der Waals surface area contributed by atoms with Crippen molar-refractivity contribution < 1.29 is 22.4 Å². The molecule has 0 saturated carbocycles. The summed E-state index contributed by atoms with van der Waals surface area (Å²) in [6.45, 7) is -0.0438. The molecule has 0 unspecified atom stereocenters. The number of hydrogen-bond donors (Lipinski definition) is 2. The molecule has 1 rings (SSSR count). The maximum Gasteiger partial charge on any atom is 0.359 e. The lowest BCUT2D eigenvalue weighted by Crippen LogP contribution is -2.21. The molecule has 1 aliphatic heterocycles. The second-order valence-electron chi connectivity index (χ2n) is 1.49. The van der Waals surface area contributed by atoms with E-state index in [4.69, 9.17) is 4.55 Å². The van der Waals surface area contributed by atoms with Gasteiger partial charge in [-0.1, -0.05) is 0 Å². The Labute approximate surface area is 57.3 Å². The fourth-order valence-electron chi connectivity index (χ4n) is 0.422. The van der Waals surface area contributed by atoms with Crippen molar-refractivity contribution >= 4 is 10.3 Å². The number of rotatable bonds is 2. The monoisotopic (exact) mass is 167 g/mol. The van der Waals surface area contributed by atoms with Gasteiger partial charge in [0.25, 0.3) is 0 Å². The van der Waals surface area contributed by atoms with Crippen LogP contribution in [0.1, 0.15) is 0 Å². The van der Waals surface area contributed by atoms with Crippen molar-refractivity contribution in [2.75, 3.05) is 6.79 Å². The van der Waals surface area contributed by atoms with E-state index in [1.54, 1.807) is 4.72 Å². The zero-order chi connectivity index (χ0) is 7.61. The van der Waals surface area contributed by atoms with Crippen LogP contribution in [0.4, 0.5) is 0 Å². The fourth-order valence-corrected chi connectivity index (χ4v) is 0.783. The first-order chi connectivity index (χ1) is 4.58. The van der Waals surface area contributed by atoms with Crippen LogP contribution >= 0.6 is 0 Å². The van der Waals surface area contributed by atoms with E-state index >= 15 is 0 Å². The van der Waals surface area contributed by atoms with E-state index < -0.39 is 10.3 Å². The molecule has 1 aliphatic rings. The summed E-state index contributed by atoms with van der Waals surface area (Å²) in [4.78, 5) is 0. The number of hydrogen-bond acceptors (Lipinski definition) is 4. The van der Waals surface area contributed by atoms with Gasteiger partial charge in [-0.2, -0.15) is 8.42 Å². The lowest BCUT2D eigenvalue weighted by atomic mass is 10.9. The zero-order valence-corrected chi connectivity index (χ0v) is 5.59. The highest BCUT2D eigenvalue weighted by molar-refractivity contribution is 7.83. The maximum atomic E-state index is 10.1. The Morgan fingerprint density at radius 3 is 2.80 bits per heavy atom. The molecule has 2 N–H and O–H groups in total. The molecule has 0 aromatic carbocycles. The molecule has 0 atom stereocenters. The minimum absolute atomic E-state index is 0.0438. The van der Waals surface area contributed by atoms with E-state index in [2.05, 4.69) is 9.47 Å². The molecule has 0 bridgehead atoms. The van der Waals surface area contributed by atoms with Crippen molar-refractivity contribution in [3.05, 3.63) is 12.1 Å². The Hall–Kier alpha value is -0.950. The third-order valence-corrected chi connectivity index (χ3v) is 1.16. The molecule has 0 saturated heterocycles. The Morgan fingerprint density at radius 2 is 2.40 bits per heavy atom. The summed E-state index contributed by atoms with van der Waals surface area (Å²) in [7, 11) is -4.23. The van der Waals surface area contributed by atoms with Gasteiger partial charge in [-0.25, -0.2) is 4.72 Å². The summed E-state index contributed by atoms with van der Waals surface area (Å²) in [6.07, 6.45) is 1.05. The Morgan fingerprint density at radius 1 is 1.70 bits per heavy atom. The van der Waals surface area contributed by atoms with E-state index in [0.717, 1.165) is 6.26 Å². The van der Waals surface area contributed by atoms with E-state index in [1.165, 1.54) is 0 Å². The van der Waals surface area contributed by atoms with Crippen LogP contribution in [0.15, 0.2) is 12.1 Å². The second-order valence-corrected chi connectivity index (χ2v) is 2.64. The van der Waals surface area contributed by atoms with Gasteiger partial charge >= 0.3 is 10.3 Å². The summed E-state index contributed by atoms with van der Waals surface area (Å²) >= 11 is 0. The minimum Gasteiger partial charge on any atom is -0.459 e. The first-order valence-corrected chi connectivity index (χ1v) is 3.72. The second kappa shape index (κ2) is 2.35. The molecule has 0 aromatic rings. The largest absolute Gasteiger partial charge is 0.459 e. The maximum absolute atomic E-state index is 10.1. The molecule has 0 amide bonds. The number of nitrogens with one attached hydrogen (secondary N) is 1. The topological polar surface area (TPSA) is 84.9 Å². The van der Waals surface area contributed by atoms with Gasteiger partial charge in [-0.15, -0.1) is 0 Å². The van der Waals surface area contributed by atoms with Crippen LogP contribution in [0.5, 0.6) is 0 Å². The predicted molar refractivity (Wildman–Crippen MR) is 29.8 cm³/mol. The number of ether oxygens (including phenoxy) is 2. The Balaban J connectivity index is 2.54. The highest BCUT2D eigenvalue weighted by atomic mass is 32.2. The van der Waals surface area contributed by atoms with Gasteiger partial charge < -0.3 is 9.47 Å². The molecule has 10 heavy (non-hydrogen) atoms. The molecule has 0 aliphatic carbocycles. The average Bonchev–Trinajstić information content (AvgIpc) is 2.12. The molecular weight excluding hydrogens is 162 g/mol. The van der Waals surface area contributed by atoms with Gasteiger partial charge in [0.05, 0.1) is 0 Å². The first kappa shape index (κ1) is 7.16. The van der Waals surface area contributed by atoms with Crippen LogP contribution in [0.2, 0.25) is 0 Å². The van der Waals surface area contributed by atoms with E-state index in [0.29, 0.717) is 0 Å². The summed E-state index contributed by atoms with van der Waals surface area (Å²) in [6, 6.07) is 0. The molecule has 58 valence electrons. The quantitative estimate of drug-likeness (QED) is 0.525. The molecule has 0 spiro atoms. The highest BCUT2D eigenvalue weighted by Gasteiger charge is 2.11. The molecule has 0 radical (unpaired) electrons. The molecular formula is C3H5NO5S. The van der Waals surface area contributed by atoms with Crippen LogP contribution in [0.3, 0.4) is 0 Å². The van der Waals surface area contributed by atoms with Crippen LogP contribution < -0.4 is 4.72 Å². The van der Waals surface area contributed by atoms with Crippen molar-refractivity contribution in [3.8, 4) is 0 Å². The molecule has 6 nitrogen and oxygen atoms in total. The van der Waals surface area contributed by atoms with Gasteiger partial charge in [-0.05, 0) is 0 Å². The van der Waals surface area contributed by atoms with Gasteiger partial charge in [0.2, 0.25) is 12.7 Å². The summed E-state index contributed by atoms with van der Waals surface area (Å²) in [5, 5.41) is 0. The first-order valence-electron chi connectivity index (χ1n) is 2.28. The van der Waals surface area contributed by atoms with Crippen LogP contribution in [-0.2, 0) is 19.8 Å². The third kappa shape index (κ3) is 2.11. The normalized spacial score (nSPS) is 17.1. The van der Waals surface area contributed by atoms with Crippen molar-refractivity contribution in [1.29, 1.82) is 0 Å². The molecule has 0 fully saturated rings. The highest BCUT2D eigenvalue weighted by Crippen LogP contribution is 2.02. The summed E-state index contributed by atoms with van der Waals surface area (Å²) < 4.78 is 38.9. The lowest BCUT2D eigenvalue weighted by molar-refractivity contribution is 0.0774. The van der Waals surface area contributed by atoms with E-state index in [-0.39, 0.29) is 12.7 Å². The average molecular weight is 167 g/mol. The van der Waals surface area contributed by atoms with Gasteiger partial charge in [0.1, 0.15) is 6.26 Å². The van der Waals surface area contributed by atoms with Gasteiger partial charge in [0, 0.05) is 0 Å². The van der Waals surface area contributed by atoms with Crippen molar-refractivity contribution in [3.63, 3.8) is 0 Å². The Bertz CT molecular complexity index is 242. The van der Waals surface area contributed by atoms with E-state index in [9.17, 15) is 8.42 Å². The standard InChI is InChI=1S/C3H5NO5S/c5-10(6,7)4-3-1-8-2-9-3/h1,4H,2H2,(H,5,6,7). The zero-order valence-electron chi connectivity index (χ0n) is 4.77. The minimum atomic E-state index is -4.23. The third-order valence-electron chi connectivity index (χ3n) is 0.702. The van der Waals surface area contributed by atoms with Crippen LogP contribution in [-0.4, -0.2) is 19.8 Å². The van der Waals surface area contributed by atoms with Crippen molar-refractivity contribution in [1.82, 2.24) is 4.72 Å². The molecule has 0 aromatic heterocycles. The van der Waals surface area contributed by atoms with Gasteiger partial charge in [0.15, 0.2) is 0 Å². The SMILES string of the molecule is O=S(=O)(O)NC1=COCO1. The van der Waals surface area contributed by atoms with Gasteiger partial charge in [-0.3, -0.25) is 4.55 Å². The molecule has 7 heteroatoms. The Kier molecular flexibility index (Phi) is 1.68. The fraction of sp³-hybridized carbons (Fsp3) is 0.333. The summed E-state index contributed by atoms with van der Waals surface area (Å²) in [5.41, 5.74) is 0. The van der Waals surface area contributed by atoms with Crippen LogP contribution in [0, 0.1) is 0 Å². The van der Waals surface area contributed by atoms with Crippen molar-refractivity contribution in [2.24, 2.45) is 0 Å². The van der Waals surface area contributed by atoms with Crippen molar-refractivity contribution in [2.45, 2.75) is 0 Å². The van der Waals surface area contributed by atoms with Crippen LogP contribution in [0.25, 0.3) is 0 Å². The smallest absolute Gasteiger partial charge is 0.359 e.